The van der Waals surface area contributed by atoms with Crippen LogP contribution in [0.1, 0.15) is 135 Å². The summed E-state index contributed by atoms with van der Waals surface area (Å²) in [5.41, 5.74) is 35.3. The van der Waals surface area contributed by atoms with Crippen molar-refractivity contribution in [1.82, 2.24) is 32.1 Å². The Morgan fingerprint density at radius 2 is 1.18 bits per heavy atom. The number of rotatable bonds is 34. The Morgan fingerprint density at radius 3 is 1.67 bits per heavy atom. The number of nitrogens with one attached hydrogen (secondary N) is 7. The third kappa shape index (κ3) is 23.4. The number of ketones is 2. The maximum Gasteiger partial charge on any atom is 0.242 e. The molecule has 0 unspecified atom stereocenters. The third-order valence-electron chi connectivity index (χ3n) is 9.42. The second-order valence-electron chi connectivity index (χ2n) is 14.8. The Morgan fingerprint density at radius 1 is 0.673 bits per heavy atom. The topological polar surface area (TPSA) is 294 Å². The highest BCUT2D eigenvalue weighted by atomic mass is 16.2. The monoisotopic (exact) mass is 775 g/mol. The number of amides is 2. The van der Waals surface area contributed by atoms with Gasteiger partial charge in [0.1, 0.15) is 30.5 Å². The van der Waals surface area contributed by atoms with Crippen LogP contribution in [0.2, 0.25) is 0 Å². The lowest BCUT2D eigenvalue weighted by atomic mass is 9.99. The molecule has 314 valence electrons. The van der Waals surface area contributed by atoms with Crippen molar-refractivity contribution < 1.29 is 19.2 Å². The quantitative estimate of drug-likeness (QED) is 0.0118. The largest absolute Gasteiger partial charge is 0.384 e. The van der Waals surface area contributed by atoms with E-state index in [-0.39, 0.29) is 30.6 Å². The summed E-state index contributed by atoms with van der Waals surface area (Å²) in [7, 11) is 0. The third-order valence-corrected chi connectivity index (χ3v) is 9.42. The standard InChI is InChI=1S/C39H74N12O4/c1-4-5-6-7-8-9-10-11-12-13-14-19-32(52)34(53)30(17-15-24-46-38(42)43)50-51-33(27(2)3)37(55)49-31(18-16-25-47-39(44)45)36(54)48-26-28-20-22-29(23-21-28)35(40)41/h20-23,27,30-31,33,38-39,46-47,50-51H,4-19,24-26,42-45H2,1-3H3,(H3,40,41)(H,48,54)(H,49,55)/t30-,31-,33-/m0/s1. The molecular weight excluding hydrogens is 701 g/mol. The zero-order chi connectivity index (χ0) is 41.0. The summed E-state index contributed by atoms with van der Waals surface area (Å²) in [5.74, 6) is -2.13. The summed E-state index contributed by atoms with van der Waals surface area (Å²) in [6.07, 6.45) is 13.0. The van der Waals surface area contributed by atoms with E-state index in [0.717, 1.165) is 24.8 Å². The normalized spacial score (nSPS) is 13.2. The molecule has 0 saturated carbocycles. The zero-order valence-corrected chi connectivity index (χ0v) is 33.7. The smallest absolute Gasteiger partial charge is 0.242 e. The molecule has 17 N–H and O–H groups in total. The fourth-order valence-electron chi connectivity index (χ4n) is 6.06. The van der Waals surface area contributed by atoms with E-state index < -0.39 is 48.2 Å². The molecule has 0 heterocycles. The maximum absolute atomic E-state index is 13.7. The van der Waals surface area contributed by atoms with Crippen molar-refractivity contribution in [3.8, 4) is 0 Å². The predicted octanol–water partition coefficient (Wildman–Crippen LogP) is 1.54. The minimum atomic E-state index is -0.890. The SMILES string of the molecule is CCCCCCCCCCCCCC(=O)C(=O)[C@H](CCCNC(N)N)NN[C@H](C(=O)N[C@@H](CCCNC(N)N)C(=O)NCc1ccc(C(=N)N)cc1)C(C)C. The molecule has 2 amide bonds. The van der Waals surface area contributed by atoms with E-state index in [9.17, 15) is 19.2 Å². The molecular formula is C39H74N12O4. The van der Waals surface area contributed by atoms with Crippen LogP contribution < -0.4 is 60.8 Å². The summed E-state index contributed by atoms with van der Waals surface area (Å²) in [4.78, 5) is 53.6. The fraction of sp³-hybridized carbons (Fsp3) is 0.718. The minimum absolute atomic E-state index is 0.0535. The van der Waals surface area contributed by atoms with Gasteiger partial charge in [0, 0.05) is 18.5 Å². The highest BCUT2D eigenvalue weighted by Gasteiger charge is 2.30. The van der Waals surface area contributed by atoms with Gasteiger partial charge in [0.15, 0.2) is 5.78 Å². The second-order valence-corrected chi connectivity index (χ2v) is 14.8. The lowest BCUT2D eigenvalue weighted by Crippen LogP contribution is -2.60. The molecule has 1 aromatic carbocycles. The fourth-order valence-corrected chi connectivity index (χ4v) is 6.06. The van der Waals surface area contributed by atoms with E-state index in [1.165, 1.54) is 44.9 Å². The maximum atomic E-state index is 13.7. The van der Waals surface area contributed by atoms with Crippen molar-refractivity contribution in [2.75, 3.05) is 13.1 Å². The number of nitrogen functional groups attached to an aromatic ring is 1. The summed E-state index contributed by atoms with van der Waals surface area (Å²) in [6, 6.07) is 4.31. The van der Waals surface area contributed by atoms with Crippen LogP contribution >= 0.6 is 0 Å². The first-order chi connectivity index (χ1) is 26.3. The van der Waals surface area contributed by atoms with Gasteiger partial charge in [-0.1, -0.05) is 109 Å². The van der Waals surface area contributed by atoms with Crippen LogP contribution in [0.25, 0.3) is 0 Å². The Balaban J connectivity index is 2.87. The highest BCUT2D eigenvalue weighted by molar-refractivity contribution is 6.39. The molecule has 0 radical (unpaired) electrons. The molecule has 0 bridgehead atoms. The van der Waals surface area contributed by atoms with Gasteiger partial charge in [-0.15, -0.1) is 0 Å². The zero-order valence-electron chi connectivity index (χ0n) is 33.7. The number of hydrogen-bond acceptors (Lipinski definition) is 13. The second kappa shape index (κ2) is 29.9. The van der Waals surface area contributed by atoms with Crippen molar-refractivity contribution in [1.29, 1.82) is 5.41 Å². The van der Waals surface area contributed by atoms with Crippen molar-refractivity contribution in [3.63, 3.8) is 0 Å². The van der Waals surface area contributed by atoms with Crippen LogP contribution in [0, 0.1) is 11.3 Å². The van der Waals surface area contributed by atoms with Crippen molar-refractivity contribution in [2.24, 2.45) is 34.6 Å². The predicted molar refractivity (Wildman–Crippen MR) is 220 cm³/mol. The summed E-state index contributed by atoms with van der Waals surface area (Å²) in [6.45, 7) is 6.96. The first-order valence-corrected chi connectivity index (χ1v) is 20.3. The van der Waals surface area contributed by atoms with Crippen molar-refractivity contribution in [2.45, 2.75) is 161 Å². The lowest BCUT2D eigenvalue weighted by molar-refractivity contribution is -0.138. The number of Topliss-reactive ketones (excluding diaryl/α,β-unsaturated/α-hetero) is 2. The van der Waals surface area contributed by atoms with E-state index in [1.54, 1.807) is 24.3 Å². The van der Waals surface area contributed by atoms with E-state index in [0.29, 0.717) is 50.8 Å². The van der Waals surface area contributed by atoms with Crippen molar-refractivity contribution in [3.05, 3.63) is 35.4 Å². The van der Waals surface area contributed by atoms with Gasteiger partial charge in [0.25, 0.3) is 0 Å². The van der Waals surface area contributed by atoms with E-state index in [2.05, 4.69) is 39.0 Å². The lowest BCUT2D eigenvalue weighted by Gasteiger charge is -2.27. The van der Waals surface area contributed by atoms with Crippen LogP contribution in [-0.2, 0) is 25.7 Å². The Hall–Kier alpha value is -3.35. The van der Waals surface area contributed by atoms with Gasteiger partial charge >= 0.3 is 0 Å². The molecule has 0 aliphatic carbocycles. The van der Waals surface area contributed by atoms with Gasteiger partial charge in [0.2, 0.25) is 17.6 Å². The van der Waals surface area contributed by atoms with Gasteiger partial charge < -0.3 is 39.3 Å². The van der Waals surface area contributed by atoms with E-state index in [1.807, 2.05) is 13.8 Å². The highest BCUT2D eigenvalue weighted by Crippen LogP contribution is 2.13. The van der Waals surface area contributed by atoms with E-state index >= 15 is 0 Å². The first kappa shape index (κ1) is 49.7. The molecule has 0 aliphatic heterocycles. The number of carbonyl (C=O) groups is 4. The Bertz CT molecular complexity index is 1250. The molecule has 0 saturated heterocycles. The summed E-state index contributed by atoms with van der Waals surface area (Å²) < 4.78 is 0. The molecule has 0 fully saturated rings. The van der Waals surface area contributed by atoms with Gasteiger partial charge in [-0.2, -0.15) is 0 Å². The number of hydrogen-bond donors (Lipinski definition) is 12. The van der Waals surface area contributed by atoms with Crippen LogP contribution in [0.15, 0.2) is 24.3 Å². The summed E-state index contributed by atoms with van der Waals surface area (Å²) >= 11 is 0. The number of amidine groups is 1. The molecule has 16 heteroatoms. The summed E-state index contributed by atoms with van der Waals surface area (Å²) in [5, 5.41) is 19.1. The molecule has 0 aliphatic rings. The van der Waals surface area contributed by atoms with Crippen molar-refractivity contribution >= 4 is 29.2 Å². The Labute approximate surface area is 329 Å². The van der Waals surface area contributed by atoms with Crippen LogP contribution in [-0.4, -0.2) is 73.0 Å². The number of nitrogens with two attached hydrogens (primary N) is 5. The number of unbranched alkanes of at least 4 members (excludes halogenated alkanes) is 10. The van der Waals surface area contributed by atoms with Crippen LogP contribution in [0.5, 0.6) is 0 Å². The number of hydrazine groups is 1. The van der Waals surface area contributed by atoms with Gasteiger partial charge in [-0.3, -0.25) is 35.2 Å². The van der Waals surface area contributed by atoms with Crippen LogP contribution in [0.4, 0.5) is 0 Å². The van der Waals surface area contributed by atoms with Crippen LogP contribution in [0.3, 0.4) is 0 Å². The van der Waals surface area contributed by atoms with Gasteiger partial charge in [0.05, 0.1) is 6.04 Å². The average Bonchev–Trinajstić information content (AvgIpc) is 3.14. The van der Waals surface area contributed by atoms with Gasteiger partial charge in [-0.25, -0.2) is 10.9 Å². The minimum Gasteiger partial charge on any atom is -0.384 e. The molecule has 16 nitrogen and oxygen atoms in total. The molecule has 0 spiro atoms. The van der Waals surface area contributed by atoms with Gasteiger partial charge in [-0.05, 0) is 56.7 Å². The molecule has 0 aromatic heterocycles. The number of benzene rings is 1. The first-order valence-electron chi connectivity index (χ1n) is 20.3. The molecule has 3 atom stereocenters. The van der Waals surface area contributed by atoms with E-state index in [4.69, 9.17) is 34.1 Å². The molecule has 55 heavy (non-hydrogen) atoms. The average molecular weight is 775 g/mol. The molecule has 1 aromatic rings. The number of carbonyl (C=O) groups excluding carboxylic acids is 4. The Kier molecular flexibility index (Phi) is 27.0. The molecule has 1 rings (SSSR count).